The molecular weight excluding hydrogens is 376 g/mol. The molecule has 4 N–H and O–H groups in total. The minimum absolute atomic E-state index is 0. The van der Waals surface area contributed by atoms with Crippen LogP contribution in [0.4, 0.5) is 0 Å². The average Bonchev–Trinajstić information content (AvgIpc) is 3.18. The number of nitrogens with two attached hydrogens (primary N) is 1. The Morgan fingerprint density at radius 3 is 2.00 bits per heavy atom. The summed E-state index contributed by atoms with van der Waals surface area (Å²) in [4.78, 5) is 0. The quantitative estimate of drug-likeness (QED) is 0.691. The summed E-state index contributed by atoms with van der Waals surface area (Å²) in [6.45, 7) is 2.11. The fourth-order valence-corrected chi connectivity index (χ4v) is 2.88. The van der Waals surface area contributed by atoms with Crippen LogP contribution in [0.3, 0.4) is 0 Å². The van der Waals surface area contributed by atoms with E-state index in [2.05, 4.69) is 22.9 Å². The minimum Gasteiger partial charge on any atom is -0.369 e. The van der Waals surface area contributed by atoms with Gasteiger partial charge in [0.15, 0.2) is 5.60 Å². The lowest BCUT2D eigenvalue weighted by Gasteiger charge is -2.23. The molecule has 0 aromatic heterocycles. The van der Waals surface area contributed by atoms with Crippen LogP contribution in [0.1, 0.15) is 24.0 Å². The highest BCUT2D eigenvalue weighted by atomic mass is 79.9. The van der Waals surface area contributed by atoms with Crippen LogP contribution >= 0.6 is 17.0 Å². The van der Waals surface area contributed by atoms with Crippen molar-refractivity contribution in [1.29, 1.82) is 0 Å². The smallest absolute Gasteiger partial charge is 0.176 e. The Kier molecular flexibility index (Phi) is 9.48. The van der Waals surface area contributed by atoms with Crippen LogP contribution in [0.25, 0.3) is 0 Å². The van der Waals surface area contributed by atoms with E-state index in [1.807, 2.05) is 60.7 Å². The monoisotopic (exact) mass is 402 g/mol. The van der Waals surface area contributed by atoms with E-state index in [4.69, 9.17) is 0 Å². The van der Waals surface area contributed by atoms with Crippen LogP contribution in [0, 0.1) is 17.8 Å². The standard InChI is InChI=1S/C20H21NO.CH5N.BrH/c22-20(18-9-3-1-4-10-18,19-11-5-2-6-12-19)14-7-8-17-13-15-21-16-17;1-2;/h1-6,9-12,17,21-22H,8,13,15-16H2;2H2,1H3;1H. The second-order valence-corrected chi connectivity index (χ2v) is 5.81. The largest absolute Gasteiger partial charge is 0.369 e. The third-order valence-corrected chi connectivity index (χ3v) is 4.21. The van der Waals surface area contributed by atoms with Crippen molar-refractivity contribution in [3.8, 4) is 11.8 Å². The zero-order valence-corrected chi connectivity index (χ0v) is 16.3. The Balaban J connectivity index is 0.00000101. The van der Waals surface area contributed by atoms with Crippen molar-refractivity contribution >= 4 is 17.0 Å². The van der Waals surface area contributed by atoms with Crippen molar-refractivity contribution in [3.05, 3.63) is 71.8 Å². The van der Waals surface area contributed by atoms with Gasteiger partial charge in [-0.05, 0) is 32.5 Å². The molecule has 1 fully saturated rings. The number of hydrogen-bond donors (Lipinski definition) is 3. The molecule has 25 heavy (non-hydrogen) atoms. The van der Waals surface area contributed by atoms with Crippen molar-refractivity contribution < 1.29 is 5.11 Å². The number of nitrogens with one attached hydrogen (secondary N) is 1. The van der Waals surface area contributed by atoms with Gasteiger partial charge in [-0.3, -0.25) is 0 Å². The molecule has 1 atom stereocenters. The minimum atomic E-state index is -1.24. The van der Waals surface area contributed by atoms with E-state index in [9.17, 15) is 5.11 Å². The van der Waals surface area contributed by atoms with Gasteiger partial charge in [0.1, 0.15) is 0 Å². The van der Waals surface area contributed by atoms with Crippen LogP contribution in [0.15, 0.2) is 60.7 Å². The maximum Gasteiger partial charge on any atom is 0.176 e. The predicted octanol–water partition coefficient (Wildman–Crippen LogP) is 3.08. The third kappa shape index (κ3) is 5.69. The molecule has 1 heterocycles. The summed E-state index contributed by atoms with van der Waals surface area (Å²) < 4.78 is 0. The summed E-state index contributed by atoms with van der Waals surface area (Å²) in [7, 11) is 1.50. The van der Waals surface area contributed by atoms with Crippen LogP contribution in [-0.2, 0) is 5.60 Å². The highest BCUT2D eigenvalue weighted by Crippen LogP contribution is 2.29. The summed E-state index contributed by atoms with van der Waals surface area (Å²) in [6.07, 6.45) is 2.00. The van der Waals surface area contributed by atoms with E-state index >= 15 is 0 Å². The van der Waals surface area contributed by atoms with Gasteiger partial charge in [-0.2, -0.15) is 0 Å². The van der Waals surface area contributed by atoms with Crippen LogP contribution < -0.4 is 11.1 Å². The lowest BCUT2D eigenvalue weighted by Crippen LogP contribution is -2.25. The van der Waals surface area contributed by atoms with Gasteiger partial charge in [0.2, 0.25) is 0 Å². The van der Waals surface area contributed by atoms with Crippen molar-refractivity contribution in [2.75, 3.05) is 20.1 Å². The highest BCUT2D eigenvalue weighted by molar-refractivity contribution is 8.93. The van der Waals surface area contributed by atoms with E-state index in [0.29, 0.717) is 5.92 Å². The van der Waals surface area contributed by atoms with Gasteiger partial charge in [-0.15, -0.1) is 17.0 Å². The lowest BCUT2D eigenvalue weighted by atomic mass is 9.86. The summed E-state index contributed by atoms with van der Waals surface area (Å²) in [6, 6.07) is 19.4. The zero-order chi connectivity index (χ0) is 17.3. The Hall–Kier alpha value is -1.64. The van der Waals surface area contributed by atoms with Crippen molar-refractivity contribution in [1.82, 2.24) is 5.32 Å². The molecule has 0 radical (unpaired) electrons. The molecule has 0 saturated carbocycles. The summed E-state index contributed by atoms with van der Waals surface area (Å²) in [5.74, 6) is 6.96. The van der Waals surface area contributed by atoms with Gasteiger partial charge in [0.25, 0.3) is 0 Å². The van der Waals surface area contributed by atoms with Crippen LogP contribution in [0.5, 0.6) is 0 Å². The van der Waals surface area contributed by atoms with E-state index in [-0.39, 0.29) is 17.0 Å². The first-order valence-electron chi connectivity index (χ1n) is 8.41. The second kappa shape index (κ2) is 11.1. The first-order valence-corrected chi connectivity index (χ1v) is 8.41. The van der Waals surface area contributed by atoms with Gasteiger partial charge < -0.3 is 16.2 Å². The van der Waals surface area contributed by atoms with Crippen LogP contribution in [0.2, 0.25) is 0 Å². The summed E-state index contributed by atoms with van der Waals surface area (Å²) >= 11 is 0. The van der Waals surface area contributed by atoms with Crippen LogP contribution in [-0.4, -0.2) is 25.2 Å². The van der Waals surface area contributed by atoms with Gasteiger partial charge >= 0.3 is 0 Å². The number of hydrogen-bond acceptors (Lipinski definition) is 3. The summed E-state index contributed by atoms with van der Waals surface area (Å²) in [5.41, 5.74) is 4.89. The lowest BCUT2D eigenvalue weighted by molar-refractivity contribution is 0.145. The molecule has 2 aromatic carbocycles. The Morgan fingerprint density at radius 2 is 1.56 bits per heavy atom. The van der Waals surface area contributed by atoms with Crippen molar-refractivity contribution in [3.63, 3.8) is 0 Å². The SMILES string of the molecule is Br.CN.OC(C#CCC1CCNC1)(c1ccccc1)c1ccccc1. The van der Waals surface area contributed by atoms with E-state index in [0.717, 1.165) is 30.6 Å². The molecule has 1 unspecified atom stereocenters. The molecule has 4 heteroatoms. The molecule has 0 spiro atoms. The molecular formula is C21H27BrN2O. The second-order valence-electron chi connectivity index (χ2n) is 5.81. The third-order valence-electron chi connectivity index (χ3n) is 4.21. The van der Waals surface area contributed by atoms with Gasteiger partial charge in [0, 0.05) is 17.5 Å². The average molecular weight is 403 g/mol. The van der Waals surface area contributed by atoms with Crippen molar-refractivity contribution in [2.45, 2.75) is 18.4 Å². The number of rotatable bonds is 3. The fraction of sp³-hybridized carbons (Fsp3) is 0.333. The Morgan fingerprint density at radius 1 is 1.04 bits per heavy atom. The molecule has 0 aliphatic carbocycles. The molecule has 2 aromatic rings. The van der Waals surface area contributed by atoms with Crippen molar-refractivity contribution in [2.24, 2.45) is 11.7 Å². The Bertz CT molecular complexity index is 619. The molecule has 1 saturated heterocycles. The fourth-order valence-electron chi connectivity index (χ4n) is 2.88. The maximum atomic E-state index is 11.2. The maximum absolute atomic E-state index is 11.2. The molecule has 3 rings (SSSR count). The van der Waals surface area contributed by atoms with Gasteiger partial charge in [-0.1, -0.05) is 72.5 Å². The van der Waals surface area contributed by atoms with Gasteiger partial charge in [-0.25, -0.2) is 0 Å². The van der Waals surface area contributed by atoms with E-state index in [1.165, 1.54) is 13.5 Å². The topological polar surface area (TPSA) is 58.3 Å². The van der Waals surface area contributed by atoms with E-state index < -0.39 is 5.60 Å². The summed E-state index contributed by atoms with van der Waals surface area (Å²) in [5, 5.41) is 14.6. The molecule has 0 bridgehead atoms. The first kappa shape index (κ1) is 21.4. The highest BCUT2D eigenvalue weighted by Gasteiger charge is 2.29. The predicted molar refractivity (Wildman–Crippen MR) is 110 cm³/mol. The number of aliphatic hydroxyl groups is 1. The number of benzene rings is 2. The molecule has 1 aliphatic heterocycles. The van der Waals surface area contributed by atoms with Gasteiger partial charge in [0.05, 0.1) is 0 Å². The number of halogens is 1. The van der Waals surface area contributed by atoms with E-state index in [1.54, 1.807) is 0 Å². The zero-order valence-electron chi connectivity index (χ0n) is 14.6. The molecule has 3 nitrogen and oxygen atoms in total. The first-order chi connectivity index (χ1) is 11.8. The Labute approximate surface area is 161 Å². The molecule has 1 aliphatic rings. The normalized spacial score (nSPS) is 15.9. The molecule has 0 amide bonds. The molecule has 134 valence electrons.